The lowest BCUT2D eigenvalue weighted by Crippen LogP contribution is -2.23. The van der Waals surface area contributed by atoms with Gasteiger partial charge in [0, 0.05) is 21.9 Å². The lowest BCUT2D eigenvalue weighted by Gasteiger charge is -2.12. The zero-order chi connectivity index (χ0) is 14.5. The van der Waals surface area contributed by atoms with E-state index in [2.05, 4.69) is 27.9 Å². The minimum Gasteiger partial charge on any atom is -0.456 e. The zero-order valence-corrected chi connectivity index (χ0v) is 13.2. The predicted molar refractivity (Wildman–Crippen MR) is 88.1 cm³/mol. The molecule has 20 heavy (non-hydrogen) atoms. The summed E-state index contributed by atoms with van der Waals surface area (Å²) in [5, 5.41) is 2.76. The summed E-state index contributed by atoms with van der Waals surface area (Å²) >= 11 is 2.21. The fourth-order valence-corrected chi connectivity index (χ4v) is 2.24. The van der Waals surface area contributed by atoms with Crippen LogP contribution in [0.5, 0.6) is 11.5 Å². The Kier molecular flexibility index (Phi) is 4.84. The number of nitrogens with one attached hydrogen (secondary N) is 1. The molecule has 0 saturated heterocycles. The van der Waals surface area contributed by atoms with Crippen molar-refractivity contribution >= 4 is 34.2 Å². The smallest absolute Gasteiger partial charge is 0.255 e. The predicted octanol–water partition coefficient (Wildman–Crippen LogP) is 3.42. The molecule has 0 heterocycles. The van der Waals surface area contributed by atoms with Crippen molar-refractivity contribution in [1.82, 2.24) is 5.32 Å². The highest BCUT2D eigenvalue weighted by Gasteiger charge is 2.13. The first-order valence-electron chi connectivity index (χ1n) is 6.21. The summed E-state index contributed by atoms with van der Waals surface area (Å²) in [6.45, 7) is 2.43. The molecule has 4 nitrogen and oxygen atoms in total. The number of anilines is 1. The van der Waals surface area contributed by atoms with Gasteiger partial charge in [0.2, 0.25) is 0 Å². The highest BCUT2D eigenvalue weighted by molar-refractivity contribution is 14.1. The van der Waals surface area contributed by atoms with Crippen LogP contribution in [0.15, 0.2) is 42.5 Å². The average molecular weight is 382 g/mol. The Hall–Kier alpha value is -1.76. The van der Waals surface area contributed by atoms with Crippen LogP contribution in [0.25, 0.3) is 0 Å². The molecule has 0 saturated carbocycles. The van der Waals surface area contributed by atoms with E-state index >= 15 is 0 Å². The van der Waals surface area contributed by atoms with Crippen LogP contribution in [0.1, 0.15) is 17.3 Å². The molecule has 0 atom stereocenters. The van der Waals surface area contributed by atoms with Crippen molar-refractivity contribution in [2.75, 3.05) is 12.3 Å². The molecular formula is C15H15IN2O2. The minimum absolute atomic E-state index is 0.173. The summed E-state index contributed by atoms with van der Waals surface area (Å²) in [6.07, 6.45) is 0. The second kappa shape index (κ2) is 6.60. The van der Waals surface area contributed by atoms with Crippen LogP contribution in [0, 0.1) is 3.57 Å². The van der Waals surface area contributed by atoms with E-state index in [1.165, 1.54) is 0 Å². The number of hydrogen-bond donors (Lipinski definition) is 2. The molecular weight excluding hydrogens is 367 g/mol. The van der Waals surface area contributed by atoms with Gasteiger partial charge >= 0.3 is 0 Å². The molecule has 2 aromatic rings. The summed E-state index contributed by atoms with van der Waals surface area (Å²) in [4.78, 5) is 12.0. The summed E-state index contributed by atoms with van der Waals surface area (Å²) in [6, 6.07) is 12.6. The normalized spacial score (nSPS) is 10.1. The van der Waals surface area contributed by atoms with Gasteiger partial charge in [-0.3, -0.25) is 4.79 Å². The summed E-state index contributed by atoms with van der Waals surface area (Å²) < 4.78 is 6.85. The number of nitrogen functional groups attached to an aromatic ring is 1. The zero-order valence-electron chi connectivity index (χ0n) is 11.0. The number of benzene rings is 2. The quantitative estimate of drug-likeness (QED) is 0.629. The van der Waals surface area contributed by atoms with Gasteiger partial charge in [0.25, 0.3) is 5.91 Å². The Labute approximate surface area is 131 Å². The van der Waals surface area contributed by atoms with Gasteiger partial charge in [-0.25, -0.2) is 0 Å². The Morgan fingerprint density at radius 2 is 2.10 bits per heavy atom. The number of nitrogens with two attached hydrogens (primary N) is 1. The van der Waals surface area contributed by atoms with Crippen LogP contribution >= 0.6 is 22.6 Å². The summed E-state index contributed by atoms with van der Waals surface area (Å²) in [7, 11) is 0. The van der Waals surface area contributed by atoms with Crippen LogP contribution in [0.4, 0.5) is 5.69 Å². The first-order valence-corrected chi connectivity index (χ1v) is 7.29. The van der Waals surface area contributed by atoms with Crippen molar-refractivity contribution in [3.8, 4) is 11.5 Å². The molecule has 0 aliphatic rings. The first kappa shape index (κ1) is 14.6. The molecule has 0 fully saturated rings. The van der Waals surface area contributed by atoms with E-state index in [1.54, 1.807) is 18.2 Å². The van der Waals surface area contributed by atoms with E-state index in [4.69, 9.17) is 10.5 Å². The number of carbonyl (C=O) groups is 1. The Bertz CT molecular complexity index is 629. The van der Waals surface area contributed by atoms with Gasteiger partial charge in [-0.2, -0.15) is 0 Å². The van der Waals surface area contributed by atoms with Crippen molar-refractivity contribution in [2.45, 2.75) is 6.92 Å². The maximum atomic E-state index is 12.0. The molecule has 5 heteroatoms. The van der Waals surface area contributed by atoms with Gasteiger partial charge in [0.1, 0.15) is 11.5 Å². The SMILES string of the molecule is CCNC(=O)c1ccc(N)cc1Oc1cccc(I)c1. The van der Waals surface area contributed by atoms with Crippen molar-refractivity contribution < 1.29 is 9.53 Å². The summed E-state index contributed by atoms with van der Waals surface area (Å²) in [5.41, 5.74) is 6.80. The van der Waals surface area contributed by atoms with Gasteiger partial charge in [-0.1, -0.05) is 6.07 Å². The highest BCUT2D eigenvalue weighted by Crippen LogP contribution is 2.28. The molecule has 0 bridgehead atoms. The average Bonchev–Trinajstić information content (AvgIpc) is 2.39. The Balaban J connectivity index is 2.34. The number of rotatable bonds is 4. The third-order valence-electron chi connectivity index (χ3n) is 2.61. The lowest BCUT2D eigenvalue weighted by atomic mass is 10.1. The van der Waals surface area contributed by atoms with Gasteiger partial charge in [-0.05, 0) is 59.8 Å². The van der Waals surface area contributed by atoms with E-state index < -0.39 is 0 Å². The third-order valence-corrected chi connectivity index (χ3v) is 3.28. The van der Waals surface area contributed by atoms with E-state index in [-0.39, 0.29) is 5.91 Å². The second-order valence-electron chi connectivity index (χ2n) is 4.17. The van der Waals surface area contributed by atoms with Crippen molar-refractivity contribution in [3.05, 3.63) is 51.6 Å². The van der Waals surface area contributed by atoms with E-state index in [9.17, 15) is 4.79 Å². The fourth-order valence-electron chi connectivity index (χ4n) is 1.72. The van der Waals surface area contributed by atoms with E-state index in [0.29, 0.717) is 29.3 Å². The Morgan fingerprint density at radius 1 is 1.30 bits per heavy atom. The van der Waals surface area contributed by atoms with E-state index in [1.807, 2.05) is 31.2 Å². The number of carbonyl (C=O) groups excluding carboxylic acids is 1. The van der Waals surface area contributed by atoms with Crippen molar-refractivity contribution in [1.29, 1.82) is 0 Å². The standard InChI is InChI=1S/C15H15IN2O2/c1-2-18-15(19)13-7-6-11(17)9-14(13)20-12-5-3-4-10(16)8-12/h3-9H,2,17H2,1H3,(H,18,19). The number of halogens is 1. The first-order chi connectivity index (χ1) is 9.60. The molecule has 1 amide bonds. The van der Waals surface area contributed by atoms with Crippen LogP contribution in [-0.4, -0.2) is 12.5 Å². The van der Waals surface area contributed by atoms with Gasteiger partial charge in [0.05, 0.1) is 5.56 Å². The van der Waals surface area contributed by atoms with Gasteiger partial charge in [-0.15, -0.1) is 0 Å². The maximum absolute atomic E-state index is 12.0. The highest BCUT2D eigenvalue weighted by atomic mass is 127. The van der Waals surface area contributed by atoms with Gasteiger partial charge < -0.3 is 15.8 Å². The molecule has 2 rings (SSSR count). The molecule has 0 unspecified atom stereocenters. The molecule has 3 N–H and O–H groups in total. The van der Waals surface area contributed by atoms with Crippen LogP contribution in [0.3, 0.4) is 0 Å². The molecule has 0 aromatic heterocycles. The fraction of sp³-hybridized carbons (Fsp3) is 0.133. The van der Waals surface area contributed by atoms with Crippen LogP contribution in [0.2, 0.25) is 0 Å². The number of hydrogen-bond acceptors (Lipinski definition) is 3. The number of amides is 1. The molecule has 104 valence electrons. The summed E-state index contributed by atoms with van der Waals surface area (Å²) in [5.74, 6) is 0.958. The topological polar surface area (TPSA) is 64.4 Å². The number of ether oxygens (including phenoxy) is 1. The largest absolute Gasteiger partial charge is 0.456 e. The van der Waals surface area contributed by atoms with E-state index in [0.717, 1.165) is 3.57 Å². The Morgan fingerprint density at radius 3 is 2.80 bits per heavy atom. The molecule has 2 aromatic carbocycles. The third kappa shape index (κ3) is 3.63. The lowest BCUT2D eigenvalue weighted by molar-refractivity contribution is 0.0953. The second-order valence-corrected chi connectivity index (χ2v) is 5.42. The van der Waals surface area contributed by atoms with Crippen molar-refractivity contribution in [3.63, 3.8) is 0 Å². The monoisotopic (exact) mass is 382 g/mol. The molecule has 0 aliphatic heterocycles. The molecule has 0 aliphatic carbocycles. The van der Waals surface area contributed by atoms with Crippen LogP contribution in [-0.2, 0) is 0 Å². The van der Waals surface area contributed by atoms with Gasteiger partial charge in [0.15, 0.2) is 0 Å². The minimum atomic E-state index is -0.173. The van der Waals surface area contributed by atoms with Crippen molar-refractivity contribution in [2.24, 2.45) is 0 Å². The van der Waals surface area contributed by atoms with Crippen LogP contribution < -0.4 is 15.8 Å². The molecule has 0 spiro atoms. The maximum Gasteiger partial charge on any atom is 0.255 e. The molecule has 0 radical (unpaired) electrons.